The van der Waals surface area contributed by atoms with Crippen molar-refractivity contribution < 1.29 is 4.84 Å². The van der Waals surface area contributed by atoms with E-state index >= 15 is 0 Å². The summed E-state index contributed by atoms with van der Waals surface area (Å²) in [5.74, 6) is 6.02. The number of hydrogen-bond acceptors (Lipinski definition) is 1. The van der Waals surface area contributed by atoms with Crippen molar-refractivity contribution in [2.45, 2.75) is 6.92 Å². The molecule has 0 aromatic carbocycles. The summed E-state index contributed by atoms with van der Waals surface area (Å²) in [7, 11) is 0. The van der Waals surface area contributed by atoms with Crippen molar-refractivity contribution in [3.05, 3.63) is 12.3 Å². The van der Waals surface area contributed by atoms with Crippen LogP contribution in [0.15, 0.2) is 12.3 Å². The first-order valence-electron chi connectivity index (χ1n) is 1.35. The van der Waals surface area contributed by atoms with Gasteiger partial charge >= 0.3 is 0 Å². The monoisotopic (exact) mass is 72.0 g/mol. The molecule has 0 heterocycles. The molecule has 2 heteroatoms. The van der Waals surface area contributed by atoms with Gasteiger partial charge in [0.25, 0.3) is 0 Å². The van der Waals surface area contributed by atoms with Crippen molar-refractivity contribution in [3.8, 4) is 0 Å². The molecule has 0 saturated carbocycles. The molecule has 0 rings (SSSR count). The summed E-state index contributed by atoms with van der Waals surface area (Å²) in [4.78, 5) is 3.76. The van der Waals surface area contributed by atoms with E-state index in [4.69, 9.17) is 5.90 Å². The van der Waals surface area contributed by atoms with Crippen LogP contribution in [0.3, 0.4) is 0 Å². The standard InChI is InChI=1S/C3H6NO/c1-2-3-5-4/h2-4H,1H3. The van der Waals surface area contributed by atoms with Crippen LogP contribution in [0.5, 0.6) is 0 Å². The maximum Gasteiger partial charge on any atom is 0.109 e. The van der Waals surface area contributed by atoms with Crippen molar-refractivity contribution in [2.75, 3.05) is 0 Å². The highest BCUT2D eigenvalue weighted by molar-refractivity contribution is 4.62. The molecular weight excluding hydrogens is 66.0 g/mol. The van der Waals surface area contributed by atoms with E-state index in [-0.39, 0.29) is 0 Å². The second-order valence-corrected chi connectivity index (χ2v) is 0.587. The maximum atomic E-state index is 6.02. The van der Waals surface area contributed by atoms with Crippen LogP contribution in [-0.4, -0.2) is 0 Å². The fourth-order valence-electron chi connectivity index (χ4n) is 0.0680. The predicted octanol–water partition coefficient (Wildman–Crippen LogP) is 0.734. The van der Waals surface area contributed by atoms with Gasteiger partial charge in [0.05, 0.1) is 0 Å². The fourth-order valence-corrected chi connectivity index (χ4v) is 0.0680. The molecule has 1 radical (unpaired) electrons. The number of nitrogens with one attached hydrogen (secondary N) is 1. The molecule has 0 fully saturated rings. The van der Waals surface area contributed by atoms with E-state index in [2.05, 4.69) is 4.84 Å². The van der Waals surface area contributed by atoms with Gasteiger partial charge in [-0.25, -0.2) is 0 Å². The lowest BCUT2D eigenvalue weighted by molar-refractivity contribution is 0.236. The van der Waals surface area contributed by atoms with Crippen LogP contribution < -0.4 is 5.90 Å². The van der Waals surface area contributed by atoms with Gasteiger partial charge in [-0.1, -0.05) is 12.0 Å². The van der Waals surface area contributed by atoms with Gasteiger partial charge in [0, 0.05) is 0 Å². The lowest BCUT2D eigenvalue weighted by Crippen LogP contribution is -1.64. The smallest absolute Gasteiger partial charge is 0.109 e. The van der Waals surface area contributed by atoms with E-state index in [1.807, 2.05) is 0 Å². The highest BCUT2D eigenvalue weighted by Crippen LogP contribution is 1.62. The zero-order valence-corrected chi connectivity index (χ0v) is 3.06. The van der Waals surface area contributed by atoms with Crippen LogP contribution >= 0.6 is 0 Å². The zero-order chi connectivity index (χ0) is 4.12. The Balaban J connectivity index is 2.62. The molecule has 29 valence electrons. The Morgan fingerprint density at radius 1 is 1.80 bits per heavy atom. The van der Waals surface area contributed by atoms with Gasteiger partial charge in [0.15, 0.2) is 0 Å². The molecule has 0 aliphatic carbocycles. The molecule has 0 spiro atoms. The first kappa shape index (κ1) is 4.50. The van der Waals surface area contributed by atoms with E-state index in [0.29, 0.717) is 0 Å². The van der Waals surface area contributed by atoms with Gasteiger partial charge < -0.3 is 4.84 Å². The van der Waals surface area contributed by atoms with Crippen LogP contribution in [0.4, 0.5) is 0 Å². The molecule has 0 amide bonds. The Morgan fingerprint density at radius 3 is 2.40 bits per heavy atom. The maximum absolute atomic E-state index is 6.02. The third-order valence-electron chi connectivity index (χ3n) is 0.204. The highest BCUT2D eigenvalue weighted by Gasteiger charge is 1.49. The van der Waals surface area contributed by atoms with Gasteiger partial charge in [-0.15, -0.1) is 0 Å². The average molecular weight is 72.1 g/mol. The molecule has 0 unspecified atom stereocenters. The first-order valence-corrected chi connectivity index (χ1v) is 1.35. The predicted molar refractivity (Wildman–Crippen MR) is 19.0 cm³/mol. The third kappa shape index (κ3) is 3.50. The molecule has 0 aromatic heterocycles. The Bertz CT molecular complexity index is 33.9. The van der Waals surface area contributed by atoms with Crippen molar-refractivity contribution >= 4 is 0 Å². The van der Waals surface area contributed by atoms with Crippen LogP contribution in [-0.2, 0) is 4.84 Å². The third-order valence-corrected chi connectivity index (χ3v) is 0.204. The van der Waals surface area contributed by atoms with Gasteiger partial charge in [-0.2, -0.15) is 0 Å². The topological polar surface area (TPSA) is 33.0 Å². The normalized spacial score (nSPS) is 9.20. The van der Waals surface area contributed by atoms with Gasteiger partial charge in [0.2, 0.25) is 0 Å². The molecule has 2 nitrogen and oxygen atoms in total. The summed E-state index contributed by atoms with van der Waals surface area (Å²) >= 11 is 0. The lowest BCUT2D eigenvalue weighted by Gasteiger charge is -1.73. The zero-order valence-electron chi connectivity index (χ0n) is 3.06. The SMILES string of the molecule is CC=CO[NH]. The molecule has 1 N–H and O–H groups in total. The minimum absolute atomic E-state index is 1.29. The molecule has 0 atom stereocenters. The van der Waals surface area contributed by atoms with E-state index in [9.17, 15) is 0 Å². The summed E-state index contributed by atoms with van der Waals surface area (Å²) in [5, 5.41) is 0. The summed E-state index contributed by atoms with van der Waals surface area (Å²) in [5.41, 5.74) is 0. The molecule has 0 aliphatic heterocycles. The van der Waals surface area contributed by atoms with Crippen molar-refractivity contribution in [1.29, 1.82) is 0 Å². The van der Waals surface area contributed by atoms with E-state index in [1.165, 1.54) is 6.26 Å². The average Bonchev–Trinajstić information content (AvgIpc) is 1.41. The number of rotatable bonds is 1. The molecule has 0 saturated heterocycles. The van der Waals surface area contributed by atoms with Crippen LogP contribution in [0.2, 0.25) is 0 Å². The van der Waals surface area contributed by atoms with Gasteiger partial charge in [-0.05, 0) is 6.92 Å². The molecule has 0 aromatic rings. The lowest BCUT2D eigenvalue weighted by atomic mass is 10.7. The first-order chi connectivity index (χ1) is 2.41. The van der Waals surface area contributed by atoms with E-state index in [0.717, 1.165) is 0 Å². The molecule has 0 bridgehead atoms. The van der Waals surface area contributed by atoms with Crippen molar-refractivity contribution in [3.63, 3.8) is 0 Å². The molecule has 0 aliphatic rings. The summed E-state index contributed by atoms with van der Waals surface area (Å²) in [6.45, 7) is 1.79. The molecule has 5 heavy (non-hydrogen) atoms. The number of hydrogen-bond donors (Lipinski definition) is 0. The van der Waals surface area contributed by atoms with Crippen molar-refractivity contribution in [1.82, 2.24) is 5.90 Å². The Kier molecular flexibility index (Phi) is 3.15. The minimum atomic E-state index is 1.29. The molecular formula is C3H6NO. The highest BCUT2D eigenvalue weighted by atomic mass is 16.6. The van der Waals surface area contributed by atoms with Crippen LogP contribution in [0, 0.1) is 0 Å². The van der Waals surface area contributed by atoms with Crippen molar-refractivity contribution in [2.24, 2.45) is 0 Å². The second-order valence-electron chi connectivity index (χ2n) is 0.587. The largest absolute Gasteiger partial charge is 0.399 e. The van der Waals surface area contributed by atoms with E-state index in [1.54, 1.807) is 13.0 Å². The van der Waals surface area contributed by atoms with Gasteiger partial charge in [-0.3, -0.25) is 0 Å². The van der Waals surface area contributed by atoms with E-state index < -0.39 is 0 Å². The number of allylic oxidation sites excluding steroid dienone is 1. The van der Waals surface area contributed by atoms with Gasteiger partial charge in [0.1, 0.15) is 6.26 Å². The fraction of sp³-hybridized carbons (Fsp3) is 0.333. The Morgan fingerprint density at radius 2 is 2.40 bits per heavy atom. The quantitative estimate of drug-likeness (QED) is 0.332. The summed E-state index contributed by atoms with van der Waals surface area (Å²) in [6.07, 6.45) is 2.94. The minimum Gasteiger partial charge on any atom is -0.399 e. The second kappa shape index (κ2) is 3.50. The van der Waals surface area contributed by atoms with Crippen LogP contribution in [0.25, 0.3) is 0 Å². The Labute approximate surface area is 31.2 Å². The Hall–Kier alpha value is -0.500. The van der Waals surface area contributed by atoms with Crippen LogP contribution in [0.1, 0.15) is 6.92 Å². The summed E-state index contributed by atoms with van der Waals surface area (Å²) < 4.78 is 0. The summed E-state index contributed by atoms with van der Waals surface area (Å²) in [6, 6.07) is 0.